The van der Waals surface area contributed by atoms with Gasteiger partial charge in [0.05, 0.1) is 5.52 Å². The fourth-order valence-electron chi connectivity index (χ4n) is 5.73. The highest BCUT2D eigenvalue weighted by atomic mass is 14.7. The van der Waals surface area contributed by atoms with Crippen LogP contribution in [0, 0.1) is 0 Å². The van der Waals surface area contributed by atoms with Gasteiger partial charge in [-0.3, -0.25) is 0 Å². The monoisotopic (exact) mass is 409 g/mol. The van der Waals surface area contributed by atoms with Crippen LogP contribution in [0.3, 0.4) is 0 Å². The van der Waals surface area contributed by atoms with Crippen molar-refractivity contribution >= 4 is 32.6 Å². The summed E-state index contributed by atoms with van der Waals surface area (Å²) in [4.78, 5) is 3.74. The number of hydrogen-bond acceptors (Lipinski definition) is 0. The molecule has 5 aromatic carbocycles. The molecule has 7 rings (SSSR count). The minimum Gasteiger partial charge on any atom is -0.354 e. The first-order valence-electron chi connectivity index (χ1n) is 11.3. The van der Waals surface area contributed by atoms with Gasteiger partial charge in [0.15, 0.2) is 0 Å². The number of nitrogens with one attached hydrogen (secondary N) is 1. The van der Waals surface area contributed by atoms with Gasteiger partial charge in [-0.25, -0.2) is 0 Å². The zero-order valence-electron chi connectivity index (χ0n) is 18.2. The molecule has 0 fully saturated rings. The maximum absolute atomic E-state index is 3.74. The third kappa shape index (κ3) is 2.28. The smallest absolute Gasteiger partial charge is 0.0544 e. The molecule has 1 heterocycles. The van der Waals surface area contributed by atoms with E-state index in [0.29, 0.717) is 0 Å². The van der Waals surface area contributed by atoms with Crippen molar-refractivity contribution in [2.24, 2.45) is 0 Å². The van der Waals surface area contributed by atoms with E-state index in [1.807, 2.05) is 0 Å². The first-order valence-corrected chi connectivity index (χ1v) is 11.3. The lowest BCUT2D eigenvalue weighted by Crippen LogP contribution is -2.14. The molecule has 0 saturated heterocycles. The van der Waals surface area contributed by atoms with Crippen molar-refractivity contribution in [3.63, 3.8) is 0 Å². The van der Waals surface area contributed by atoms with E-state index in [9.17, 15) is 0 Å². The van der Waals surface area contributed by atoms with Crippen molar-refractivity contribution in [2.45, 2.75) is 19.3 Å². The van der Waals surface area contributed by atoms with Crippen LogP contribution in [0.15, 0.2) is 97.1 Å². The second kappa shape index (κ2) is 6.11. The second-order valence-corrected chi connectivity index (χ2v) is 9.53. The van der Waals surface area contributed by atoms with E-state index in [0.717, 1.165) is 0 Å². The summed E-state index contributed by atoms with van der Waals surface area (Å²) >= 11 is 0. The largest absolute Gasteiger partial charge is 0.354 e. The zero-order chi connectivity index (χ0) is 21.4. The molecule has 1 aliphatic rings. The lowest BCUT2D eigenvalue weighted by atomic mass is 9.81. The number of H-pyrrole nitrogens is 1. The molecule has 1 aliphatic carbocycles. The van der Waals surface area contributed by atoms with Crippen LogP contribution in [0.25, 0.3) is 54.8 Å². The molecule has 32 heavy (non-hydrogen) atoms. The van der Waals surface area contributed by atoms with E-state index in [-0.39, 0.29) is 5.41 Å². The van der Waals surface area contributed by atoms with Gasteiger partial charge in [0.25, 0.3) is 0 Å². The van der Waals surface area contributed by atoms with E-state index in [2.05, 4.69) is 116 Å². The van der Waals surface area contributed by atoms with E-state index in [1.54, 1.807) is 0 Å². The lowest BCUT2D eigenvalue weighted by Gasteiger charge is -2.22. The van der Waals surface area contributed by atoms with Crippen molar-refractivity contribution in [2.75, 3.05) is 0 Å². The molecule has 0 bridgehead atoms. The first kappa shape index (κ1) is 17.8. The predicted octanol–water partition coefficient (Wildman–Crippen LogP) is 8.45. The molecule has 0 unspecified atom stereocenters. The molecule has 0 aliphatic heterocycles. The number of aromatic nitrogens is 1. The Labute approximate surface area is 187 Å². The Morgan fingerprint density at radius 2 is 1.28 bits per heavy atom. The summed E-state index contributed by atoms with van der Waals surface area (Å²) in [5, 5.41) is 5.12. The SMILES string of the molecule is CC1(C)c2ccccc2-c2ccc(-c3cccc4c3[nH]c3cc5ccccc5cc34)cc21. The lowest BCUT2D eigenvalue weighted by molar-refractivity contribution is 0.660. The van der Waals surface area contributed by atoms with Crippen molar-refractivity contribution in [1.82, 2.24) is 4.98 Å². The fraction of sp³-hybridized carbons (Fsp3) is 0.0968. The van der Waals surface area contributed by atoms with E-state index in [1.165, 1.54) is 66.0 Å². The molecular weight excluding hydrogens is 386 g/mol. The van der Waals surface area contributed by atoms with Gasteiger partial charge < -0.3 is 4.98 Å². The minimum absolute atomic E-state index is 0.00794. The highest BCUT2D eigenvalue weighted by Gasteiger charge is 2.35. The average Bonchev–Trinajstić information content (AvgIpc) is 3.30. The Kier molecular flexibility index (Phi) is 3.40. The van der Waals surface area contributed by atoms with Crippen LogP contribution in [-0.4, -0.2) is 4.98 Å². The molecule has 0 atom stereocenters. The summed E-state index contributed by atoms with van der Waals surface area (Å²) in [6.07, 6.45) is 0. The topological polar surface area (TPSA) is 15.8 Å². The van der Waals surface area contributed by atoms with E-state index < -0.39 is 0 Å². The van der Waals surface area contributed by atoms with Gasteiger partial charge in [-0.15, -0.1) is 0 Å². The van der Waals surface area contributed by atoms with Crippen molar-refractivity contribution in [1.29, 1.82) is 0 Å². The van der Waals surface area contributed by atoms with Gasteiger partial charge in [-0.05, 0) is 56.8 Å². The normalized spacial score (nSPS) is 14.2. The first-order chi connectivity index (χ1) is 15.6. The molecule has 0 radical (unpaired) electrons. The van der Waals surface area contributed by atoms with Crippen LogP contribution >= 0.6 is 0 Å². The second-order valence-electron chi connectivity index (χ2n) is 9.53. The average molecular weight is 410 g/mol. The van der Waals surface area contributed by atoms with Crippen LogP contribution in [0.2, 0.25) is 0 Å². The molecule has 0 amide bonds. The Bertz CT molecular complexity index is 1700. The molecule has 1 heteroatoms. The summed E-state index contributed by atoms with van der Waals surface area (Å²) in [5.41, 5.74) is 10.5. The summed E-state index contributed by atoms with van der Waals surface area (Å²) in [6.45, 7) is 4.69. The van der Waals surface area contributed by atoms with Gasteiger partial charge in [-0.2, -0.15) is 0 Å². The van der Waals surface area contributed by atoms with Crippen molar-refractivity contribution < 1.29 is 0 Å². The number of para-hydroxylation sites is 1. The molecule has 6 aromatic rings. The van der Waals surface area contributed by atoms with Gasteiger partial charge in [0.1, 0.15) is 0 Å². The molecule has 1 aromatic heterocycles. The third-order valence-electron chi connectivity index (χ3n) is 7.39. The van der Waals surface area contributed by atoms with Crippen molar-refractivity contribution in [3.8, 4) is 22.3 Å². The Morgan fingerprint density at radius 3 is 2.16 bits per heavy atom. The number of rotatable bonds is 1. The summed E-state index contributed by atoms with van der Waals surface area (Å²) in [6, 6.07) is 35.7. The summed E-state index contributed by atoms with van der Waals surface area (Å²) in [5.74, 6) is 0. The van der Waals surface area contributed by atoms with E-state index in [4.69, 9.17) is 0 Å². The summed E-state index contributed by atoms with van der Waals surface area (Å²) < 4.78 is 0. The molecule has 0 spiro atoms. The zero-order valence-corrected chi connectivity index (χ0v) is 18.2. The van der Waals surface area contributed by atoms with Crippen LogP contribution < -0.4 is 0 Å². The standard InChI is InChI=1S/C31H23N/c1-31(2)27-13-6-5-10-23(27)24-15-14-21(17-28(24)31)22-11-7-12-25-26-16-19-8-3-4-9-20(19)18-29(26)32-30(22)25/h3-18,32H,1-2H3. The Morgan fingerprint density at radius 1 is 0.562 bits per heavy atom. The van der Waals surface area contributed by atoms with Gasteiger partial charge in [-0.1, -0.05) is 92.7 Å². The Balaban J connectivity index is 1.48. The minimum atomic E-state index is 0.00794. The number of benzene rings is 5. The third-order valence-corrected chi connectivity index (χ3v) is 7.39. The number of aromatic amines is 1. The number of hydrogen-bond donors (Lipinski definition) is 1. The predicted molar refractivity (Wildman–Crippen MR) is 136 cm³/mol. The maximum atomic E-state index is 3.74. The molecule has 0 saturated carbocycles. The van der Waals surface area contributed by atoms with E-state index >= 15 is 0 Å². The highest BCUT2D eigenvalue weighted by molar-refractivity contribution is 6.15. The van der Waals surface area contributed by atoms with Gasteiger partial charge >= 0.3 is 0 Å². The Hall–Kier alpha value is -3.84. The fourth-order valence-corrected chi connectivity index (χ4v) is 5.73. The quantitative estimate of drug-likeness (QED) is 0.280. The van der Waals surface area contributed by atoms with Gasteiger partial charge in [0.2, 0.25) is 0 Å². The molecular formula is C31H23N. The molecule has 1 N–H and O–H groups in total. The number of fused-ring (bicyclic) bond motifs is 7. The summed E-state index contributed by atoms with van der Waals surface area (Å²) in [7, 11) is 0. The van der Waals surface area contributed by atoms with Crippen LogP contribution in [0.1, 0.15) is 25.0 Å². The highest BCUT2D eigenvalue weighted by Crippen LogP contribution is 2.49. The molecule has 152 valence electrons. The molecule has 1 nitrogen and oxygen atoms in total. The van der Waals surface area contributed by atoms with Crippen LogP contribution in [0.4, 0.5) is 0 Å². The van der Waals surface area contributed by atoms with Crippen molar-refractivity contribution in [3.05, 3.63) is 108 Å². The van der Waals surface area contributed by atoms with Crippen LogP contribution in [-0.2, 0) is 5.41 Å². The maximum Gasteiger partial charge on any atom is 0.0544 e. The van der Waals surface area contributed by atoms with Crippen LogP contribution in [0.5, 0.6) is 0 Å². The van der Waals surface area contributed by atoms with Gasteiger partial charge in [0, 0.05) is 27.3 Å².